The van der Waals surface area contributed by atoms with Crippen molar-refractivity contribution >= 4 is 0 Å². The number of hydrogen-bond donors (Lipinski definition) is 2. The Kier molecular flexibility index (Phi) is 3.83. The number of rotatable bonds is 4. The van der Waals surface area contributed by atoms with Crippen LogP contribution < -0.4 is 5.32 Å². The van der Waals surface area contributed by atoms with Crippen LogP contribution in [0.2, 0.25) is 0 Å². The van der Waals surface area contributed by atoms with E-state index in [1.807, 2.05) is 12.1 Å². The standard InChI is InChI=1S/C14H21NO/c1-11(13-7-4-8-14(16)9-13)15-10-12-5-2-3-6-12/h4,7-9,11-12,15-16H,2-3,5-6,10H2,1H3. The van der Waals surface area contributed by atoms with Crippen LogP contribution in [0.1, 0.15) is 44.2 Å². The van der Waals surface area contributed by atoms with E-state index < -0.39 is 0 Å². The van der Waals surface area contributed by atoms with Crippen LogP contribution in [0.15, 0.2) is 24.3 Å². The second kappa shape index (κ2) is 5.35. The Morgan fingerprint density at radius 3 is 2.81 bits per heavy atom. The molecule has 0 radical (unpaired) electrons. The average molecular weight is 219 g/mol. The number of phenols is 1. The van der Waals surface area contributed by atoms with E-state index in [1.165, 1.54) is 25.7 Å². The topological polar surface area (TPSA) is 32.3 Å². The van der Waals surface area contributed by atoms with Crippen molar-refractivity contribution in [3.05, 3.63) is 29.8 Å². The van der Waals surface area contributed by atoms with Gasteiger partial charge in [0.1, 0.15) is 5.75 Å². The maximum absolute atomic E-state index is 9.41. The molecular weight excluding hydrogens is 198 g/mol. The zero-order valence-electron chi connectivity index (χ0n) is 9.95. The fourth-order valence-corrected chi connectivity index (χ4v) is 2.47. The van der Waals surface area contributed by atoms with Crippen molar-refractivity contribution in [2.75, 3.05) is 6.54 Å². The smallest absolute Gasteiger partial charge is 0.115 e. The van der Waals surface area contributed by atoms with E-state index in [0.717, 1.165) is 18.0 Å². The van der Waals surface area contributed by atoms with Crippen LogP contribution in [0.3, 0.4) is 0 Å². The van der Waals surface area contributed by atoms with Gasteiger partial charge in [0.15, 0.2) is 0 Å². The lowest BCUT2D eigenvalue weighted by atomic mass is 10.1. The van der Waals surface area contributed by atoms with Gasteiger partial charge in [-0.05, 0) is 49.9 Å². The lowest BCUT2D eigenvalue weighted by Crippen LogP contribution is -2.24. The summed E-state index contributed by atoms with van der Waals surface area (Å²) in [5, 5.41) is 13.0. The molecule has 2 nitrogen and oxygen atoms in total. The van der Waals surface area contributed by atoms with Crippen LogP contribution in [-0.2, 0) is 0 Å². The van der Waals surface area contributed by atoms with Crippen molar-refractivity contribution in [2.24, 2.45) is 5.92 Å². The van der Waals surface area contributed by atoms with Crippen molar-refractivity contribution in [1.29, 1.82) is 0 Å². The summed E-state index contributed by atoms with van der Waals surface area (Å²) in [5.74, 6) is 1.21. The van der Waals surface area contributed by atoms with Gasteiger partial charge in [-0.2, -0.15) is 0 Å². The molecule has 1 fully saturated rings. The summed E-state index contributed by atoms with van der Waals surface area (Å²) in [7, 11) is 0. The molecule has 0 saturated heterocycles. The van der Waals surface area contributed by atoms with E-state index in [4.69, 9.17) is 0 Å². The molecule has 0 aromatic heterocycles. The van der Waals surface area contributed by atoms with Crippen molar-refractivity contribution in [1.82, 2.24) is 5.32 Å². The summed E-state index contributed by atoms with van der Waals surface area (Å²) in [6.45, 7) is 3.26. The van der Waals surface area contributed by atoms with Crippen LogP contribution in [0.5, 0.6) is 5.75 Å². The van der Waals surface area contributed by atoms with Gasteiger partial charge in [0.05, 0.1) is 0 Å². The highest BCUT2D eigenvalue weighted by Gasteiger charge is 2.15. The molecule has 1 unspecified atom stereocenters. The summed E-state index contributed by atoms with van der Waals surface area (Å²) in [4.78, 5) is 0. The first kappa shape index (κ1) is 11.5. The van der Waals surface area contributed by atoms with Crippen molar-refractivity contribution in [3.63, 3.8) is 0 Å². The Labute approximate surface area is 97.7 Å². The van der Waals surface area contributed by atoms with E-state index in [0.29, 0.717) is 11.8 Å². The predicted molar refractivity (Wildman–Crippen MR) is 66.5 cm³/mol. The maximum Gasteiger partial charge on any atom is 0.115 e. The lowest BCUT2D eigenvalue weighted by Gasteiger charge is -2.17. The summed E-state index contributed by atoms with van der Waals surface area (Å²) < 4.78 is 0. The number of benzene rings is 1. The largest absolute Gasteiger partial charge is 0.508 e. The summed E-state index contributed by atoms with van der Waals surface area (Å²) in [5.41, 5.74) is 1.16. The van der Waals surface area contributed by atoms with Gasteiger partial charge in [-0.1, -0.05) is 25.0 Å². The van der Waals surface area contributed by atoms with E-state index in [9.17, 15) is 5.11 Å². The minimum atomic E-state index is 0.327. The maximum atomic E-state index is 9.41. The minimum Gasteiger partial charge on any atom is -0.508 e. The van der Waals surface area contributed by atoms with Gasteiger partial charge in [-0.3, -0.25) is 0 Å². The monoisotopic (exact) mass is 219 g/mol. The second-order valence-electron chi connectivity index (χ2n) is 4.88. The molecular formula is C14H21NO. The Morgan fingerprint density at radius 1 is 1.38 bits per heavy atom. The van der Waals surface area contributed by atoms with E-state index in [1.54, 1.807) is 6.07 Å². The molecule has 0 amide bonds. The number of aromatic hydroxyl groups is 1. The highest BCUT2D eigenvalue weighted by atomic mass is 16.3. The molecule has 0 spiro atoms. The van der Waals surface area contributed by atoms with Crippen LogP contribution in [0.25, 0.3) is 0 Å². The van der Waals surface area contributed by atoms with E-state index >= 15 is 0 Å². The molecule has 1 saturated carbocycles. The molecule has 2 rings (SSSR count). The SMILES string of the molecule is CC(NCC1CCCC1)c1cccc(O)c1. The van der Waals surface area contributed by atoms with Gasteiger partial charge in [-0.25, -0.2) is 0 Å². The molecule has 1 atom stereocenters. The van der Waals surface area contributed by atoms with Gasteiger partial charge < -0.3 is 10.4 Å². The highest BCUT2D eigenvalue weighted by Crippen LogP contribution is 2.25. The first-order valence-electron chi connectivity index (χ1n) is 6.28. The van der Waals surface area contributed by atoms with Crippen molar-refractivity contribution in [2.45, 2.75) is 38.6 Å². The summed E-state index contributed by atoms with van der Waals surface area (Å²) in [6.07, 6.45) is 5.54. The molecule has 88 valence electrons. The molecule has 0 heterocycles. The number of hydrogen-bond acceptors (Lipinski definition) is 2. The minimum absolute atomic E-state index is 0.327. The van der Waals surface area contributed by atoms with Gasteiger partial charge in [0.2, 0.25) is 0 Å². The van der Waals surface area contributed by atoms with E-state index in [-0.39, 0.29) is 0 Å². The normalized spacial score (nSPS) is 18.8. The average Bonchev–Trinajstić information content (AvgIpc) is 2.78. The lowest BCUT2D eigenvalue weighted by molar-refractivity contribution is 0.448. The fraction of sp³-hybridized carbons (Fsp3) is 0.571. The van der Waals surface area contributed by atoms with Gasteiger partial charge in [0, 0.05) is 6.04 Å². The second-order valence-corrected chi connectivity index (χ2v) is 4.88. The Hall–Kier alpha value is -1.02. The summed E-state index contributed by atoms with van der Waals surface area (Å²) >= 11 is 0. The molecule has 2 heteroatoms. The third-order valence-corrected chi connectivity index (χ3v) is 3.56. The zero-order chi connectivity index (χ0) is 11.4. The van der Waals surface area contributed by atoms with Gasteiger partial charge >= 0.3 is 0 Å². The van der Waals surface area contributed by atoms with Gasteiger partial charge in [0.25, 0.3) is 0 Å². The molecule has 2 N–H and O–H groups in total. The van der Waals surface area contributed by atoms with Crippen molar-refractivity contribution < 1.29 is 5.11 Å². The fourth-order valence-electron chi connectivity index (χ4n) is 2.47. The first-order valence-corrected chi connectivity index (χ1v) is 6.28. The Morgan fingerprint density at radius 2 is 2.12 bits per heavy atom. The van der Waals surface area contributed by atoms with Crippen LogP contribution in [0.4, 0.5) is 0 Å². The molecule has 1 aromatic carbocycles. The highest BCUT2D eigenvalue weighted by molar-refractivity contribution is 5.28. The zero-order valence-corrected chi connectivity index (χ0v) is 9.95. The Balaban J connectivity index is 1.85. The Bertz CT molecular complexity index is 331. The predicted octanol–water partition coefficient (Wildman–Crippen LogP) is 3.23. The van der Waals surface area contributed by atoms with Crippen LogP contribution in [0, 0.1) is 5.92 Å². The molecule has 1 aliphatic rings. The molecule has 0 bridgehead atoms. The first-order chi connectivity index (χ1) is 7.75. The van der Waals surface area contributed by atoms with Crippen LogP contribution in [-0.4, -0.2) is 11.7 Å². The third-order valence-electron chi connectivity index (χ3n) is 3.56. The molecule has 0 aliphatic heterocycles. The molecule has 1 aliphatic carbocycles. The molecule has 16 heavy (non-hydrogen) atoms. The quantitative estimate of drug-likeness (QED) is 0.815. The molecule has 1 aromatic rings. The number of nitrogens with one attached hydrogen (secondary N) is 1. The van der Waals surface area contributed by atoms with E-state index in [2.05, 4.69) is 18.3 Å². The number of phenolic OH excluding ortho intramolecular Hbond substituents is 1. The van der Waals surface area contributed by atoms with Gasteiger partial charge in [-0.15, -0.1) is 0 Å². The summed E-state index contributed by atoms with van der Waals surface area (Å²) in [6, 6.07) is 7.84. The van der Waals surface area contributed by atoms with Crippen LogP contribution >= 0.6 is 0 Å². The van der Waals surface area contributed by atoms with Crippen molar-refractivity contribution in [3.8, 4) is 5.75 Å². The third kappa shape index (κ3) is 2.99.